The van der Waals surface area contributed by atoms with Crippen molar-refractivity contribution >= 4 is 12.4 Å². The maximum Gasteiger partial charge on any atom is 0.115 e. The average Bonchev–Trinajstić information content (AvgIpc) is 2.16. The zero-order chi connectivity index (χ0) is 9.97. The van der Waals surface area contributed by atoms with E-state index in [1.165, 1.54) is 11.1 Å². The van der Waals surface area contributed by atoms with Crippen LogP contribution < -0.4 is 5.32 Å². The first-order valence-electron chi connectivity index (χ1n) is 5.30. The second kappa shape index (κ2) is 5.38. The molecule has 1 atom stereocenters. The van der Waals surface area contributed by atoms with Crippen molar-refractivity contribution in [3.63, 3.8) is 0 Å². The fraction of sp³-hybridized carbons (Fsp3) is 0.500. The van der Waals surface area contributed by atoms with Crippen LogP contribution in [0.2, 0.25) is 0 Å². The predicted molar refractivity (Wildman–Crippen MR) is 65.0 cm³/mol. The number of benzene rings is 1. The molecule has 0 saturated carbocycles. The molecule has 0 amide bonds. The van der Waals surface area contributed by atoms with E-state index >= 15 is 0 Å². The molecule has 15 heavy (non-hydrogen) atoms. The Labute approximate surface area is 97.1 Å². The SMILES string of the molecule is CC1CCNCCc2ccc(O)cc21.Cl. The summed E-state index contributed by atoms with van der Waals surface area (Å²) in [7, 11) is 0. The highest BCUT2D eigenvalue weighted by molar-refractivity contribution is 5.85. The molecule has 1 aliphatic heterocycles. The fourth-order valence-corrected chi connectivity index (χ4v) is 2.09. The smallest absolute Gasteiger partial charge is 0.115 e. The number of rotatable bonds is 0. The van der Waals surface area contributed by atoms with Crippen molar-refractivity contribution in [2.24, 2.45) is 0 Å². The van der Waals surface area contributed by atoms with Crippen LogP contribution in [0.15, 0.2) is 18.2 Å². The largest absolute Gasteiger partial charge is 0.508 e. The standard InChI is InChI=1S/C12H17NO.ClH/c1-9-4-6-13-7-5-10-2-3-11(14)8-12(9)10;/h2-3,8-9,13-14H,4-7H2,1H3;1H. The number of fused-ring (bicyclic) bond motifs is 1. The first-order chi connectivity index (χ1) is 6.77. The number of hydrogen-bond acceptors (Lipinski definition) is 2. The van der Waals surface area contributed by atoms with Gasteiger partial charge in [0.05, 0.1) is 0 Å². The molecule has 1 aromatic rings. The van der Waals surface area contributed by atoms with Gasteiger partial charge in [-0.05, 0) is 55.1 Å². The lowest BCUT2D eigenvalue weighted by atomic mass is 9.90. The van der Waals surface area contributed by atoms with Gasteiger partial charge >= 0.3 is 0 Å². The molecule has 2 N–H and O–H groups in total. The molecule has 1 aromatic carbocycles. The Balaban J connectivity index is 0.00000112. The van der Waals surface area contributed by atoms with E-state index in [0.717, 1.165) is 25.9 Å². The van der Waals surface area contributed by atoms with Gasteiger partial charge in [-0.2, -0.15) is 0 Å². The van der Waals surface area contributed by atoms with Crippen LogP contribution in [0, 0.1) is 0 Å². The van der Waals surface area contributed by atoms with E-state index in [1.54, 1.807) is 6.07 Å². The zero-order valence-corrected chi connectivity index (χ0v) is 9.81. The van der Waals surface area contributed by atoms with Gasteiger partial charge in [-0.1, -0.05) is 13.0 Å². The van der Waals surface area contributed by atoms with Crippen molar-refractivity contribution in [1.29, 1.82) is 0 Å². The molecule has 0 aromatic heterocycles. The van der Waals surface area contributed by atoms with E-state index < -0.39 is 0 Å². The molecule has 0 spiro atoms. The van der Waals surface area contributed by atoms with Crippen molar-refractivity contribution in [3.05, 3.63) is 29.3 Å². The van der Waals surface area contributed by atoms with Crippen molar-refractivity contribution in [2.75, 3.05) is 13.1 Å². The van der Waals surface area contributed by atoms with E-state index in [0.29, 0.717) is 11.7 Å². The Kier molecular flexibility index (Phi) is 4.43. The van der Waals surface area contributed by atoms with Gasteiger partial charge in [0.1, 0.15) is 5.75 Å². The minimum atomic E-state index is 0. The number of hydrogen-bond donors (Lipinski definition) is 2. The minimum Gasteiger partial charge on any atom is -0.508 e. The summed E-state index contributed by atoms with van der Waals surface area (Å²) in [5.41, 5.74) is 2.70. The molecule has 0 fully saturated rings. The summed E-state index contributed by atoms with van der Waals surface area (Å²) in [4.78, 5) is 0. The molecule has 1 unspecified atom stereocenters. The van der Waals surface area contributed by atoms with Crippen molar-refractivity contribution < 1.29 is 5.11 Å². The number of halogens is 1. The average molecular weight is 228 g/mol. The minimum absolute atomic E-state index is 0. The van der Waals surface area contributed by atoms with Crippen molar-refractivity contribution in [1.82, 2.24) is 5.32 Å². The normalized spacial score (nSPS) is 20.7. The van der Waals surface area contributed by atoms with Crippen LogP contribution in [0.1, 0.15) is 30.4 Å². The molecular weight excluding hydrogens is 210 g/mol. The molecule has 3 heteroatoms. The molecule has 2 rings (SSSR count). The monoisotopic (exact) mass is 227 g/mol. The molecular formula is C12H18ClNO. The Morgan fingerprint density at radius 3 is 2.93 bits per heavy atom. The van der Waals surface area contributed by atoms with Crippen LogP contribution in [0.3, 0.4) is 0 Å². The third-order valence-corrected chi connectivity index (χ3v) is 2.99. The van der Waals surface area contributed by atoms with Crippen LogP contribution in [-0.4, -0.2) is 18.2 Å². The van der Waals surface area contributed by atoms with Crippen LogP contribution in [0.25, 0.3) is 0 Å². The lowest BCUT2D eigenvalue weighted by Gasteiger charge is -2.20. The van der Waals surface area contributed by atoms with Gasteiger partial charge < -0.3 is 10.4 Å². The van der Waals surface area contributed by atoms with Gasteiger partial charge in [-0.25, -0.2) is 0 Å². The molecule has 1 heterocycles. The van der Waals surface area contributed by atoms with Crippen LogP contribution in [-0.2, 0) is 6.42 Å². The maximum atomic E-state index is 9.45. The summed E-state index contributed by atoms with van der Waals surface area (Å²) >= 11 is 0. The zero-order valence-electron chi connectivity index (χ0n) is 8.99. The van der Waals surface area contributed by atoms with Crippen LogP contribution >= 0.6 is 12.4 Å². The molecule has 1 aliphatic rings. The fourth-order valence-electron chi connectivity index (χ4n) is 2.09. The third kappa shape index (κ3) is 2.86. The second-order valence-electron chi connectivity index (χ2n) is 4.07. The van der Waals surface area contributed by atoms with Gasteiger partial charge in [-0.15, -0.1) is 12.4 Å². The van der Waals surface area contributed by atoms with E-state index in [-0.39, 0.29) is 12.4 Å². The first-order valence-corrected chi connectivity index (χ1v) is 5.30. The van der Waals surface area contributed by atoms with Gasteiger partial charge in [0, 0.05) is 0 Å². The maximum absolute atomic E-state index is 9.45. The summed E-state index contributed by atoms with van der Waals surface area (Å²) in [6.07, 6.45) is 2.22. The number of aromatic hydroxyl groups is 1. The highest BCUT2D eigenvalue weighted by Gasteiger charge is 2.13. The second-order valence-corrected chi connectivity index (χ2v) is 4.07. The van der Waals surface area contributed by atoms with E-state index in [1.807, 2.05) is 12.1 Å². The summed E-state index contributed by atoms with van der Waals surface area (Å²) in [5, 5.41) is 12.9. The molecule has 0 saturated heterocycles. The molecule has 0 bridgehead atoms. The van der Waals surface area contributed by atoms with Crippen molar-refractivity contribution in [3.8, 4) is 5.75 Å². The lowest BCUT2D eigenvalue weighted by molar-refractivity contribution is 0.471. The summed E-state index contributed by atoms with van der Waals surface area (Å²) in [6.45, 7) is 4.35. The summed E-state index contributed by atoms with van der Waals surface area (Å²) in [6, 6.07) is 5.76. The van der Waals surface area contributed by atoms with E-state index in [9.17, 15) is 5.11 Å². The Hall–Kier alpha value is -0.730. The molecule has 0 aliphatic carbocycles. The Bertz CT molecular complexity index is 327. The molecule has 2 nitrogen and oxygen atoms in total. The number of phenolic OH excluding ortho intramolecular Hbond substituents is 1. The Morgan fingerprint density at radius 1 is 1.33 bits per heavy atom. The number of nitrogens with one attached hydrogen (secondary N) is 1. The van der Waals surface area contributed by atoms with Gasteiger partial charge in [-0.3, -0.25) is 0 Å². The summed E-state index contributed by atoms with van der Waals surface area (Å²) in [5.74, 6) is 0.939. The highest BCUT2D eigenvalue weighted by Crippen LogP contribution is 2.27. The lowest BCUT2D eigenvalue weighted by Crippen LogP contribution is -2.23. The Morgan fingerprint density at radius 2 is 2.13 bits per heavy atom. The van der Waals surface area contributed by atoms with E-state index in [4.69, 9.17) is 0 Å². The van der Waals surface area contributed by atoms with Gasteiger partial charge in [0.25, 0.3) is 0 Å². The number of phenols is 1. The predicted octanol–water partition coefficient (Wildman–Crippen LogP) is 2.45. The molecule has 84 valence electrons. The van der Waals surface area contributed by atoms with E-state index in [2.05, 4.69) is 12.2 Å². The van der Waals surface area contributed by atoms with Gasteiger partial charge in [0.2, 0.25) is 0 Å². The topological polar surface area (TPSA) is 32.3 Å². The quantitative estimate of drug-likeness (QED) is 0.714. The van der Waals surface area contributed by atoms with Crippen LogP contribution in [0.5, 0.6) is 5.75 Å². The van der Waals surface area contributed by atoms with Gasteiger partial charge in [0.15, 0.2) is 0 Å². The summed E-state index contributed by atoms with van der Waals surface area (Å²) < 4.78 is 0. The van der Waals surface area contributed by atoms with Crippen LogP contribution in [0.4, 0.5) is 0 Å². The van der Waals surface area contributed by atoms with Crippen molar-refractivity contribution in [2.45, 2.75) is 25.7 Å². The highest BCUT2D eigenvalue weighted by atomic mass is 35.5. The third-order valence-electron chi connectivity index (χ3n) is 2.99. The molecule has 0 radical (unpaired) electrons. The first kappa shape index (κ1) is 12.3.